The topological polar surface area (TPSA) is 88.5 Å². The molecule has 0 aromatic carbocycles. The van der Waals surface area contributed by atoms with Crippen LogP contribution in [0, 0.1) is 0 Å². The van der Waals surface area contributed by atoms with E-state index in [9.17, 15) is 9.90 Å². The standard InChI is InChI=1S/C12H20O6/c1-8(2)12(15)18-6-9(14)5-16-10(4-13)3-11-7-17-11/h9-11,13-14H,1,3-7H2,2H3. The lowest BCUT2D eigenvalue weighted by molar-refractivity contribution is -0.143. The third-order valence-corrected chi connectivity index (χ3v) is 2.41. The van der Waals surface area contributed by atoms with Crippen LogP contribution in [0.1, 0.15) is 13.3 Å². The molecule has 0 amide bonds. The first kappa shape index (κ1) is 15.1. The fraction of sp³-hybridized carbons (Fsp3) is 0.750. The zero-order valence-electron chi connectivity index (χ0n) is 10.5. The summed E-state index contributed by atoms with van der Waals surface area (Å²) < 4.78 is 15.1. The second kappa shape index (κ2) is 7.48. The van der Waals surface area contributed by atoms with Crippen molar-refractivity contribution in [3.05, 3.63) is 12.2 Å². The SMILES string of the molecule is C=C(C)C(=O)OCC(O)COC(CO)CC1CO1. The lowest BCUT2D eigenvalue weighted by atomic mass is 10.2. The predicted molar refractivity (Wildman–Crippen MR) is 63.0 cm³/mol. The molecule has 3 unspecified atom stereocenters. The van der Waals surface area contributed by atoms with Crippen molar-refractivity contribution in [3.8, 4) is 0 Å². The highest BCUT2D eigenvalue weighted by Crippen LogP contribution is 2.17. The van der Waals surface area contributed by atoms with Crippen molar-refractivity contribution >= 4 is 5.97 Å². The number of carbonyl (C=O) groups is 1. The van der Waals surface area contributed by atoms with Gasteiger partial charge in [0.2, 0.25) is 0 Å². The van der Waals surface area contributed by atoms with Crippen LogP contribution < -0.4 is 0 Å². The number of ether oxygens (including phenoxy) is 3. The average Bonchev–Trinajstić information content (AvgIpc) is 3.14. The molecule has 1 aliphatic rings. The van der Waals surface area contributed by atoms with Gasteiger partial charge in [0.15, 0.2) is 0 Å². The van der Waals surface area contributed by atoms with Crippen LogP contribution in [-0.2, 0) is 19.0 Å². The number of hydrogen-bond donors (Lipinski definition) is 2. The summed E-state index contributed by atoms with van der Waals surface area (Å²) in [6.45, 7) is 5.37. The summed E-state index contributed by atoms with van der Waals surface area (Å²) in [5, 5.41) is 18.6. The van der Waals surface area contributed by atoms with Crippen LogP contribution in [-0.4, -0.2) is 60.9 Å². The zero-order chi connectivity index (χ0) is 13.5. The van der Waals surface area contributed by atoms with Gasteiger partial charge in [-0.2, -0.15) is 0 Å². The minimum Gasteiger partial charge on any atom is -0.460 e. The molecular formula is C12H20O6. The first-order valence-corrected chi connectivity index (χ1v) is 5.87. The Kier molecular flexibility index (Phi) is 6.28. The van der Waals surface area contributed by atoms with E-state index in [1.54, 1.807) is 0 Å². The Bertz CT molecular complexity index is 286. The van der Waals surface area contributed by atoms with E-state index in [1.165, 1.54) is 6.92 Å². The van der Waals surface area contributed by atoms with Crippen molar-refractivity contribution in [2.75, 3.05) is 26.4 Å². The first-order valence-electron chi connectivity index (χ1n) is 5.87. The fourth-order valence-electron chi connectivity index (χ4n) is 1.28. The maximum atomic E-state index is 11.1. The van der Waals surface area contributed by atoms with E-state index < -0.39 is 12.1 Å². The minimum atomic E-state index is -0.914. The lowest BCUT2D eigenvalue weighted by Gasteiger charge is -2.17. The van der Waals surface area contributed by atoms with E-state index in [0.717, 1.165) is 0 Å². The van der Waals surface area contributed by atoms with E-state index in [2.05, 4.69) is 6.58 Å². The largest absolute Gasteiger partial charge is 0.460 e. The van der Waals surface area contributed by atoms with Gasteiger partial charge in [-0.1, -0.05) is 6.58 Å². The Labute approximate surface area is 106 Å². The molecule has 0 bridgehead atoms. The average molecular weight is 260 g/mol. The normalized spacial score (nSPS) is 21.2. The molecule has 18 heavy (non-hydrogen) atoms. The summed E-state index contributed by atoms with van der Waals surface area (Å²) >= 11 is 0. The molecule has 0 aliphatic carbocycles. The molecule has 6 nitrogen and oxygen atoms in total. The quantitative estimate of drug-likeness (QED) is 0.334. The lowest BCUT2D eigenvalue weighted by Crippen LogP contribution is -2.29. The zero-order valence-corrected chi connectivity index (χ0v) is 10.5. The van der Waals surface area contributed by atoms with Gasteiger partial charge >= 0.3 is 5.97 Å². The highest BCUT2D eigenvalue weighted by atomic mass is 16.6. The second-order valence-electron chi connectivity index (χ2n) is 4.36. The molecule has 2 N–H and O–H groups in total. The smallest absolute Gasteiger partial charge is 0.333 e. The van der Waals surface area contributed by atoms with Crippen LogP contribution in [0.15, 0.2) is 12.2 Å². The van der Waals surface area contributed by atoms with Crippen molar-refractivity contribution in [1.82, 2.24) is 0 Å². The van der Waals surface area contributed by atoms with Crippen LogP contribution >= 0.6 is 0 Å². The number of aliphatic hydroxyl groups excluding tert-OH is 2. The molecule has 3 atom stereocenters. The predicted octanol–water partition coefficient (Wildman–Crippen LogP) is -0.367. The van der Waals surface area contributed by atoms with Gasteiger partial charge in [-0.05, 0) is 6.92 Å². The maximum absolute atomic E-state index is 11.1. The van der Waals surface area contributed by atoms with Crippen LogP contribution in [0.4, 0.5) is 0 Å². The Balaban J connectivity index is 2.12. The van der Waals surface area contributed by atoms with E-state index in [1.807, 2.05) is 0 Å². The number of rotatable bonds is 9. The molecule has 0 spiro atoms. The molecule has 0 radical (unpaired) electrons. The first-order chi connectivity index (χ1) is 8.52. The number of esters is 1. The monoisotopic (exact) mass is 260 g/mol. The molecule has 1 aliphatic heterocycles. The van der Waals surface area contributed by atoms with Crippen molar-refractivity contribution in [2.24, 2.45) is 0 Å². The number of hydrogen-bond acceptors (Lipinski definition) is 6. The molecule has 1 rings (SSSR count). The van der Waals surface area contributed by atoms with E-state index in [0.29, 0.717) is 13.0 Å². The third kappa shape index (κ3) is 6.11. The van der Waals surface area contributed by atoms with Gasteiger partial charge in [0, 0.05) is 12.0 Å². The Morgan fingerprint density at radius 2 is 2.22 bits per heavy atom. The Morgan fingerprint density at radius 3 is 2.72 bits per heavy atom. The summed E-state index contributed by atoms with van der Waals surface area (Å²) in [6.07, 6.45) is -0.513. The molecular weight excluding hydrogens is 240 g/mol. The highest BCUT2D eigenvalue weighted by Gasteiger charge is 2.27. The number of aliphatic hydroxyl groups is 2. The van der Waals surface area contributed by atoms with E-state index in [-0.39, 0.29) is 37.6 Å². The molecule has 1 saturated heterocycles. The number of epoxide rings is 1. The summed E-state index contributed by atoms with van der Waals surface area (Å²) in [5.74, 6) is -0.542. The van der Waals surface area contributed by atoms with Crippen molar-refractivity contribution < 1.29 is 29.2 Å². The summed E-state index contributed by atoms with van der Waals surface area (Å²) in [4.78, 5) is 11.1. The van der Waals surface area contributed by atoms with Gasteiger partial charge in [-0.25, -0.2) is 4.79 Å². The van der Waals surface area contributed by atoms with Crippen LogP contribution in [0.5, 0.6) is 0 Å². The summed E-state index contributed by atoms with van der Waals surface area (Å²) in [5.41, 5.74) is 0.280. The van der Waals surface area contributed by atoms with Crippen LogP contribution in [0.2, 0.25) is 0 Å². The number of carbonyl (C=O) groups excluding carboxylic acids is 1. The minimum absolute atomic E-state index is 0.00141. The third-order valence-electron chi connectivity index (χ3n) is 2.41. The van der Waals surface area contributed by atoms with Gasteiger partial charge in [0.1, 0.15) is 12.7 Å². The van der Waals surface area contributed by atoms with Crippen LogP contribution in [0.3, 0.4) is 0 Å². The summed E-state index contributed by atoms with van der Waals surface area (Å²) in [7, 11) is 0. The van der Waals surface area contributed by atoms with E-state index in [4.69, 9.17) is 19.3 Å². The maximum Gasteiger partial charge on any atom is 0.333 e. The Hall–Kier alpha value is -0.950. The Morgan fingerprint density at radius 1 is 1.56 bits per heavy atom. The van der Waals surface area contributed by atoms with Gasteiger partial charge in [0.25, 0.3) is 0 Å². The highest BCUT2D eigenvalue weighted by molar-refractivity contribution is 5.86. The molecule has 0 aromatic rings. The molecule has 0 saturated carbocycles. The van der Waals surface area contributed by atoms with Crippen molar-refractivity contribution in [2.45, 2.75) is 31.7 Å². The fourth-order valence-corrected chi connectivity index (χ4v) is 1.28. The van der Waals surface area contributed by atoms with Crippen molar-refractivity contribution in [3.63, 3.8) is 0 Å². The molecule has 1 fully saturated rings. The van der Waals surface area contributed by atoms with E-state index >= 15 is 0 Å². The molecule has 6 heteroatoms. The van der Waals surface area contributed by atoms with Gasteiger partial charge in [-0.15, -0.1) is 0 Å². The van der Waals surface area contributed by atoms with Crippen molar-refractivity contribution in [1.29, 1.82) is 0 Å². The molecule has 1 heterocycles. The van der Waals surface area contributed by atoms with Gasteiger partial charge in [-0.3, -0.25) is 0 Å². The molecule has 0 aromatic heterocycles. The van der Waals surface area contributed by atoms with Gasteiger partial charge in [0.05, 0.1) is 32.0 Å². The van der Waals surface area contributed by atoms with Crippen LogP contribution in [0.25, 0.3) is 0 Å². The van der Waals surface area contributed by atoms with Gasteiger partial charge < -0.3 is 24.4 Å². The second-order valence-corrected chi connectivity index (χ2v) is 4.36. The summed E-state index contributed by atoms with van der Waals surface area (Å²) in [6, 6.07) is 0. The molecule has 104 valence electrons.